The van der Waals surface area contributed by atoms with Crippen LogP contribution in [0.15, 0.2) is 0 Å². The maximum absolute atomic E-state index is 12.5. The van der Waals surface area contributed by atoms with Crippen molar-refractivity contribution in [3.8, 4) is 0 Å². The fraction of sp³-hybridized carbons (Fsp3) is 0.969. The summed E-state index contributed by atoms with van der Waals surface area (Å²) in [7, 11) is 0. The zero-order valence-corrected chi connectivity index (χ0v) is 25.0. The number of carbonyl (C=O) groups excluding carboxylic acids is 1. The molecule has 0 radical (unpaired) electrons. The minimum atomic E-state index is -1.47. The number of fused-ring (bicyclic) bond motifs is 5. The van der Waals surface area contributed by atoms with Gasteiger partial charge in [-0.3, -0.25) is 4.79 Å². The van der Waals surface area contributed by atoms with Crippen LogP contribution in [0.3, 0.4) is 0 Å². The van der Waals surface area contributed by atoms with Gasteiger partial charge in [0.05, 0.1) is 23.9 Å². The van der Waals surface area contributed by atoms with Gasteiger partial charge >= 0.3 is 5.97 Å². The fourth-order valence-electron chi connectivity index (χ4n) is 11.3. The summed E-state index contributed by atoms with van der Waals surface area (Å²) in [4.78, 5) is 12.5. The van der Waals surface area contributed by atoms with Crippen LogP contribution in [0.25, 0.3) is 0 Å². The van der Waals surface area contributed by atoms with E-state index in [-0.39, 0.29) is 24.2 Å². The van der Waals surface area contributed by atoms with Crippen LogP contribution in [0.2, 0.25) is 0 Å². The summed E-state index contributed by atoms with van der Waals surface area (Å²) < 4.78 is 6.04. The van der Waals surface area contributed by atoms with Crippen molar-refractivity contribution in [3.63, 3.8) is 0 Å². The van der Waals surface area contributed by atoms with Crippen molar-refractivity contribution in [3.05, 3.63) is 0 Å². The van der Waals surface area contributed by atoms with E-state index in [1.807, 2.05) is 6.92 Å². The van der Waals surface area contributed by atoms with Crippen LogP contribution in [0.4, 0.5) is 0 Å². The summed E-state index contributed by atoms with van der Waals surface area (Å²) >= 11 is 0. The highest BCUT2D eigenvalue weighted by Gasteiger charge is 2.73. The number of esters is 1. The Morgan fingerprint density at radius 3 is 2.21 bits per heavy atom. The molecule has 218 valence electrons. The molecule has 5 rings (SSSR count). The molecule has 0 heterocycles. The molecule has 4 unspecified atom stereocenters. The molecule has 0 aliphatic heterocycles. The Labute approximate surface area is 229 Å². The van der Waals surface area contributed by atoms with E-state index in [2.05, 4.69) is 41.5 Å². The quantitative estimate of drug-likeness (QED) is 0.385. The van der Waals surface area contributed by atoms with Gasteiger partial charge in [-0.1, -0.05) is 48.5 Å². The van der Waals surface area contributed by atoms with Crippen molar-refractivity contribution >= 4 is 5.97 Å². The lowest BCUT2D eigenvalue weighted by Crippen LogP contribution is -2.74. The Morgan fingerprint density at radius 1 is 0.947 bits per heavy atom. The van der Waals surface area contributed by atoms with E-state index in [0.717, 1.165) is 12.8 Å². The SMILES string of the molecule is CC(=O)O[C@H]1C2C(C[C@@H](O)[C@@]3(O)C[C@@H](O)CC[C@]23C)C2CC[C@H]([C@H](C)C3C[C@]3(C)[C@H](C)C(C)C)[C@@]2(C)[C@H]1O. The summed E-state index contributed by atoms with van der Waals surface area (Å²) in [5, 5.41) is 46.1. The first-order valence-corrected chi connectivity index (χ1v) is 15.5. The zero-order valence-electron chi connectivity index (χ0n) is 25.0. The Morgan fingerprint density at radius 2 is 1.61 bits per heavy atom. The topological polar surface area (TPSA) is 107 Å². The van der Waals surface area contributed by atoms with Gasteiger partial charge in [-0.15, -0.1) is 0 Å². The molecule has 5 aliphatic carbocycles. The maximum Gasteiger partial charge on any atom is 0.303 e. The molecule has 0 spiro atoms. The number of aliphatic hydroxyl groups is 4. The lowest BCUT2D eigenvalue weighted by molar-refractivity contribution is -0.302. The lowest BCUT2D eigenvalue weighted by atomic mass is 9.41. The van der Waals surface area contributed by atoms with Gasteiger partial charge in [-0.05, 0) is 85.4 Å². The molecule has 0 aromatic rings. The zero-order chi connectivity index (χ0) is 28.2. The molecule has 5 aliphatic rings. The van der Waals surface area contributed by atoms with Gasteiger partial charge < -0.3 is 25.2 Å². The highest BCUT2D eigenvalue weighted by Crippen LogP contribution is 2.72. The lowest BCUT2D eigenvalue weighted by Gasteiger charge is -2.67. The number of hydrogen-bond donors (Lipinski definition) is 4. The first kappa shape index (κ1) is 28.8. The van der Waals surface area contributed by atoms with Crippen LogP contribution in [0.5, 0.6) is 0 Å². The van der Waals surface area contributed by atoms with Crippen LogP contribution < -0.4 is 0 Å². The van der Waals surface area contributed by atoms with Crippen LogP contribution in [-0.4, -0.2) is 56.4 Å². The third kappa shape index (κ3) is 3.75. The second-order valence-electron chi connectivity index (χ2n) is 15.6. The molecule has 6 nitrogen and oxygen atoms in total. The number of hydrogen-bond acceptors (Lipinski definition) is 6. The van der Waals surface area contributed by atoms with Crippen LogP contribution >= 0.6 is 0 Å². The van der Waals surface area contributed by atoms with Crippen molar-refractivity contribution in [2.75, 3.05) is 0 Å². The third-order valence-corrected chi connectivity index (χ3v) is 13.9. The first-order chi connectivity index (χ1) is 17.5. The minimum absolute atomic E-state index is 0.0423. The molecule has 0 amide bonds. The summed E-state index contributed by atoms with van der Waals surface area (Å²) in [5.41, 5.74) is -2.33. The van der Waals surface area contributed by atoms with Gasteiger partial charge in [0.2, 0.25) is 0 Å². The molecule has 0 aromatic carbocycles. The fourth-order valence-corrected chi connectivity index (χ4v) is 11.3. The first-order valence-electron chi connectivity index (χ1n) is 15.5. The standard InChI is InChI=1S/C32H54O6/c1-16(2)18(4)29(6)15-24(29)17(3)22-9-10-23-21-13-25(35)32(37)14-20(34)11-12-30(32,7)26(21)27(38-19(5)33)28(36)31(22,23)8/h16-18,20-28,34-37H,9-15H2,1-8H3/t17-,18+,20-,21?,22+,23?,24?,25+,26?,27-,28-,29+,30+,31+,32-/m0/s1. The summed E-state index contributed by atoms with van der Waals surface area (Å²) in [6.45, 7) is 17.5. The maximum atomic E-state index is 12.5. The van der Waals surface area contributed by atoms with E-state index < -0.39 is 46.8 Å². The van der Waals surface area contributed by atoms with Gasteiger partial charge in [-0.2, -0.15) is 0 Å². The largest absolute Gasteiger partial charge is 0.459 e. The van der Waals surface area contributed by atoms with E-state index in [1.54, 1.807) is 0 Å². The molecule has 0 aromatic heterocycles. The van der Waals surface area contributed by atoms with Crippen LogP contribution in [0, 0.1) is 63.6 Å². The van der Waals surface area contributed by atoms with E-state index in [1.165, 1.54) is 13.3 Å². The highest BCUT2D eigenvalue weighted by atomic mass is 16.6. The second-order valence-corrected chi connectivity index (χ2v) is 15.6. The van der Waals surface area contributed by atoms with Crippen molar-refractivity contribution in [2.45, 2.75) is 130 Å². The van der Waals surface area contributed by atoms with E-state index in [0.29, 0.717) is 54.3 Å². The predicted octanol–water partition coefficient (Wildman–Crippen LogP) is 4.56. The monoisotopic (exact) mass is 534 g/mol. The van der Waals surface area contributed by atoms with E-state index in [4.69, 9.17) is 4.74 Å². The Kier molecular flexibility index (Phi) is 6.95. The summed E-state index contributed by atoms with van der Waals surface area (Å²) in [6.07, 6.45) is 1.68. The predicted molar refractivity (Wildman–Crippen MR) is 146 cm³/mol. The van der Waals surface area contributed by atoms with Crippen molar-refractivity contribution in [2.24, 2.45) is 63.6 Å². The van der Waals surface area contributed by atoms with Gasteiger partial charge in [0.25, 0.3) is 0 Å². The molecule has 15 atom stereocenters. The highest BCUT2D eigenvalue weighted by molar-refractivity contribution is 5.66. The van der Waals surface area contributed by atoms with Crippen LogP contribution in [-0.2, 0) is 9.53 Å². The van der Waals surface area contributed by atoms with Gasteiger partial charge in [0, 0.05) is 30.1 Å². The Balaban J connectivity index is 1.52. The Bertz CT molecular complexity index is 937. The number of carbonyl (C=O) groups is 1. The molecular weight excluding hydrogens is 480 g/mol. The average molecular weight is 535 g/mol. The summed E-state index contributed by atoms with van der Waals surface area (Å²) in [6, 6.07) is 0. The van der Waals surface area contributed by atoms with Gasteiger partial charge in [0.15, 0.2) is 0 Å². The molecule has 0 bridgehead atoms. The molecule has 6 heteroatoms. The molecule has 5 saturated carbocycles. The Hall–Kier alpha value is -0.690. The van der Waals surface area contributed by atoms with Crippen molar-refractivity contribution < 1.29 is 30.0 Å². The average Bonchev–Trinajstić information content (AvgIpc) is 3.39. The van der Waals surface area contributed by atoms with E-state index >= 15 is 0 Å². The summed E-state index contributed by atoms with van der Waals surface area (Å²) in [5.74, 6) is 2.22. The smallest absolute Gasteiger partial charge is 0.303 e. The second kappa shape index (κ2) is 9.16. The minimum Gasteiger partial charge on any atom is -0.459 e. The van der Waals surface area contributed by atoms with Gasteiger partial charge in [0.1, 0.15) is 6.10 Å². The van der Waals surface area contributed by atoms with Crippen LogP contribution in [0.1, 0.15) is 100 Å². The van der Waals surface area contributed by atoms with E-state index in [9.17, 15) is 25.2 Å². The van der Waals surface area contributed by atoms with Gasteiger partial charge in [-0.25, -0.2) is 0 Å². The molecule has 4 N–H and O–H groups in total. The number of ether oxygens (including phenoxy) is 1. The molecular formula is C32H54O6. The number of rotatable bonds is 5. The van der Waals surface area contributed by atoms with Crippen molar-refractivity contribution in [1.29, 1.82) is 0 Å². The normalized spacial score (nSPS) is 55.4. The van der Waals surface area contributed by atoms with Crippen molar-refractivity contribution in [1.82, 2.24) is 0 Å². The molecule has 5 fully saturated rings. The number of aliphatic hydroxyl groups excluding tert-OH is 3. The third-order valence-electron chi connectivity index (χ3n) is 13.9. The molecule has 0 saturated heterocycles. The molecule has 38 heavy (non-hydrogen) atoms.